The van der Waals surface area contributed by atoms with Crippen molar-refractivity contribution in [1.29, 1.82) is 0 Å². The molecule has 0 N–H and O–H groups in total. The molecule has 2 heteroatoms. The van der Waals surface area contributed by atoms with Gasteiger partial charge in [0.25, 0.3) is 0 Å². The topological polar surface area (TPSA) is 14.2 Å². The Balaban J connectivity index is 0.000000659. The Labute approximate surface area is 112 Å². The van der Waals surface area contributed by atoms with Gasteiger partial charge in [0.1, 0.15) is 5.75 Å². The zero-order valence-corrected chi connectivity index (χ0v) is 13.1. The summed E-state index contributed by atoms with van der Waals surface area (Å²) >= 11 is 0. The number of fused-ring (bicyclic) bond motifs is 1. The van der Waals surface area contributed by atoms with Crippen molar-refractivity contribution in [3.05, 3.63) is 29.5 Å². The van der Waals surface area contributed by atoms with Crippen molar-refractivity contribution in [3.8, 4) is 5.75 Å². The van der Waals surface area contributed by atoms with E-state index in [2.05, 4.69) is 37.6 Å². The Kier molecular flexibility index (Phi) is 7.18. The summed E-state index contributed by atoms with van der Waals surface area (Å²) < 4.78 is 7.43. The first-order chi connectivity index (χ1) is 8.65. The molecule has 0 radical (unpaired) electrons. The number of methoxy groups -OCH3 is 1. The van der Waals surface area contributed by atoms with Crippen LogP contribution in [0.2, 0.25) is 0 Å². The molecule has 0 aliphatic carbocycles. The van der Waals surface area contributed by atoms with Gasteiger partial charge in [0.05, 0.1) is 7.11 Å². The highest BCUT2D eigenvalue weighted by atomic mass is 16.5. The first-order valence-electron chi connectivity index (χ1n) is 6.74. The molecule has 2 nitrogen and oxygen atoms in total. The molecule has 0 saturated carbocycles. The zero-order valence-electron chi connectivity index (χ0n) is 13.1. The largest absolute Gasteiger partial charge is 0.497 e. The van der Waals surface area contributed by atoms with E-state index in [0.29, 0.717) is 0 Å². The molecule has 2 rings (SSSR count). The van der Waals surface area contributed by atoms with E-state index in [1.54, 1.807) is 7.11 Å². The molecule has 0 fully saturated rings. The minimum atomic E-state index is 0.922. The van der Waals surface area contributed by atoms with Gasteiger partial charge in [-0.3, -0.25) is 0 Å². The average molecular weight is 249 g/mol. The molecule has 1 heterocycles. The normalized spacial score (nSPS) is 9.11. The fourth-order valence-electron chi connectivity index (χ4n) is 1.86. The van der Waals surface area contributed by atoms with E-state index >= 15 is 0 Å². The summed E-state index contributed by atoms with van der Waals surface area (Å²) in [6.45, 7) is 12.3. The molecule has 0 saturated heterocycles. The quantitative estimate of drug-likeness (QED) is 0.704. The lowest BCUT2D eigenvalue weighted by Gasteiger charge is -2.00. The monoisotopic (exact) mass is 249 g/mol. The van der Waals surface area contributed by atoms with Gasteiger partial charge < -0.3 is 9.30 Å². The van der Waals surface area contributed by atoms with E-state index < -0.39 is 0 Å². The molecule has 0 aliphatic rings. The van der Waals surface area contributed by atoms with E-state index in [0.717, 1.165) is 5.75 Å². The number of hydrogen-bond donors (Lipinski definition) is 0. The van der Waals surface area contributed by atoms with Crippen LogP contribution in [0, 0.1) is 13.8 Å². The Bertz CT molecular complexity index is 483. The van der Waals surface area contributed by atoms with Crippen molar-refractivity contribution >= 4 is 10.9 Å². The molecular weight excluding hydrogens is 222 g/mol. The van der Waals surface area contributed by atoms with Crippen LogP contribution in [0.3, 0.4) is 0 Å². The van der Waals surface area contributed by atoms with Crippen molar-refractivity contribution in [3.63, 3.8) is 0 Å². The summed E-state index contributed by atoms with van der Waals surface area (Å²) in [6, 6.07) is 6.20. The fraction of sp³-hybridized carbons (Fsp3) is 0.500. The number of rotatable bonds is 1. The van der Waals surface area contributed by atoms with Gasteiger partial charge in [-0.1, -0.05) is 27.7 Å². The van der Waals surface area contributed by atoms with Crippen LogP contribution in [0.25, 0.3) is 10.9 Å². The summed E-state index contributed by atoms with van der Waals surface area (Å²) in [6.07, 6.45) is 0. The van der Waals surface area contributed by atoms with Crippen LogP contribution in [-0.2, 0) is 7.05 Å². The standard InChI is InChI=1S/C12H15NO.2C2H6/c1-8-9(2)13(3)12-6-5-10(14-4)7-11(8)12;2*1-2/h5-7H,1-4H3;2*1-2H3. The second-order valence-corrected chi connectivity index (χ2v) is 3.65. The summed E-state index contributed by atoms with van der Waals surface area (Å²) in [5.41, 5.74) is 3.91. The maximum absolute atomic E-state index is 5.22. The Hall–Kier alpha value is -1.44. The van der Waals surface area contributed by atoms with Gasteiger partial charge in [0, 0.05) is 23.6 Å². The lowest BCUT2D eigenvalue weighted by molar-refractivity contribution is 0.415. The van der Waals surface area contributed by atoms with Gasteiger partial charge in [-0.25, -0.2) is 0 Å². The van der Waals surface area contributed by atoms with Crippen LogP contribution in [-0.4, -0.2) is 11.7 Å². The molecule has 0 aliphatic heterocycles. The number of hydrogen-bond acceptors (Lipinski definition) is 1. The molecule has 1 aromatic carbocycles. The van der Waals surface area contributed by atoms with Gasteiger partial charge in [-0.15, -0.1) is 0 Å². The van der Waals surface area contributed by atoms with Crippen molar-refractivity contribution < 1.29 is 4.74 Å². The fourth-order valence-corrected chi connectivity index (χ4v) is 1.86. The van der Waals surface area contributed by atoms with Crippen LogP contribution in [0.5, 0.6) is 5.75 Å². The van der Waals surface area contributed by atoms with Gasteiger partial charge >= 0.3 is 0 Å². The third kappa shape index (κ3) is 3.06. The highest BCUT2D eigenvalue weighted by Gasteiger charge is 2.08. The second-order valence-electron chi connectivity index (χ2n) is 3.65. The first-order valence-corrected chi connectivity index (χ1v) is 6.74. The summed E-state index contributed by atoms with van der Waals surface area (Å²) in [5.74, 6) is 0.922. The number of benzene rings is 1. The van der Waals surface area contributed by atoms with Gasteiger partial charge in [-0.2, -0.15) is 0 Å². The molecule has 1 aromatic heterocycles. The van der Waals surface area contributed by atoms with Crippen molar-refractivity contribution in [2.45, 2.75) is 41.5 Å². The molecule has 2 aromatic rings. The van der Waals surface area contributed by atoms with E-state index in [-0.39, 0.29) is 0 Å². The highest BCUT2D eigenvalue weighted by molar-refractivity contribution is 5.86. The molecule has 0 bridgehead atoms. The van der Waals surface area contributed by atoms with Crippen LogP contribution in [0.4, 0.5) is 0 Å². The van der Waals surface area contributed by atoms with E-state index in [1.807, 2.05) is 33.8 Å². The molecular formula is C16H27NO. The molecule has 0 spiro atoms. The average Bonchev–Trinajstić information content (AvgIpc) is 2.68. The van der Waals surface area contributed by atoms with E-state index in [1.165, 1.54) is 22.2 Å². The van der Waals surface area contributed by atoms with Crippen molar-refractivity contribution in [2.24, 2.45) is 7.05 Å². The molecule has 0 atom stereocenters. The van der Waals surface area contributed by atoms with Gasteiger partial charge in [0.15, 0.2) is 0 Å². The van der Waals surface area contributed by atoms with Crippen LogP contribution in [0.15, 0.2) is 18.2 Å². The minimum Gasteiger partial charge on any atom is -0.497 e. The summed E-state index contributed by atoms with van der Waals surface area (Å²) in [4.78, 5) is 0. The molecule has 102 valence electrons. The van der Waals surface area contributed by atoms with Crippen LogP contribution >= 0.6 is 0 Å². The smallest absolute Gasteiger partial charge is 0.119 e. The third-order valence-corrected chi connectivity index (χ3v) is 3.01. The number of aromatic nitrogens is 1. The Morgan fingerprint density at radius 3 is 2.06 bits per heavy atom. The Morgan fingerprint density at radius 1 is 1.00 bits per heavy atom. The van der Waals surface area contributed by atoms with Crippen LogP contribution < -0.4 is 4.74 Å². The summed E-state index contributed by atoms with van der Waals surface area (Å²) in [5, 5.41) is 1.28. The zero-order chi connectivity index (χ0) is 14.3. The SMILES string of the molecule is CC.CC.COc1ccc2c(c1)c(C)c(C)n2C. The maximum atomic E-state index is 5.22. The Morgan fingerprint density at radius 2 is 1.56 bits per heavy atom. The lowest BCUT2D eigenvalue weighted by Crippen LogP contribution is -1.89. The van der Waals surface area contributed by atoms with E-state index in [4.69, 9.17) is 4.74 Å². The molecule has 0 unspecified atom stereocenters. The summed E-state index contributed by atoms with van der Waals surface area (Å²) in [7, 11) is 3.80. The second kappa shape index (κ2) is 7.80. The minimum absolute atomic E-state index is 0.922. The number of ether oxygens (including phenoxy) is 1. The maximum Gasteiger partial charge on any atom is 0.119 e. The number of nitrogens with zero attached hydrogens (tertiary/aromatic N) is 1. The van der Waals surface area contributed by atoms with Gasteiger partial charge in [0.2, 0.25) is 0 Å². The first kappa shape index (κ1) is 16.6. The predicted octanol–water partition coefficient (Wildman–Crippen LogP) is 4.86. The number of aryl methyl sites for hydroxylation is 2. The molecule has 18 heavy (non-hydrogen) atoms. The van der Waals surface area contributed by atoms with Crippen molar-refractivity contribution in [1.82, 2.24) is 4.57 Å². The molecule has 0 amide bonds. The lowest BCUT2D eigenvalue weighted by atomic mass is 10.1. The van der Waals surface area contributed by atoms with Gasteiger partial charge in [-0.05, 0) is 37.6 Å². The third-order valence-electron chi connectivity index (χ3n) is 3.01. The van der Waals surface area contributed by atoms with Crippen molar-refractivity contribution in [2.75, 3.05) is 7.11 Å². The predicted molar refractivity (Wildman–Crippen MR) is 81.6 cm³/mol. The highest BCUT2D eigenvalue weighted by Crippen LogP contribution is 2.27. The van der Waals surface area contributed by atoms with Crippen LogP contribution in [0.1, 0.15) is 39.0 Å². The van der Waals surface area contributed by atoms with E-state index in [9.17, 15) is 0 Å².